The summed E-state index contributed by atoms with van der Waals surface area (Å²) in [6, 6.07) is 9.68. The van der Waals surface area contributed by atoms with Crippen molar-refractivity contribution in [1.82, 2.24) is 0 Å². The van der Waals surface area contributed by atoms with Gasteiger partial charge in [0.1, 0.15) is 5.75 Å². The molecule has 0 amide bonds. The molecule has 0 unspecified atom stereocenters. The van der Waals surface area contributed by atoms with E-state index < -0.39 is 0 Å². The zero-order valence-electron chi connectivity index (χ0n) is 19.8. The number of para-hydroxylation sites is 1. The topological polar surface area (TPSA) is 9.23 Å². The van der Waals surface area contributed by atoms with Gasteiger partial charge in [0.15, 0.2) is 0 Å². The maximum Gasteiger partial charge on any atom is 0.118 e. The highest BCUT2D eigenvalue weighted by Crippen LogP contribution is 2.21. The summed E-state index contributed by atoms with van der Waals surface area (Å²) in [4.78, 5) is 0. The first-order valence-corrected chi connectivity index (χ1v) is 10.9. The first kappa shape index (κ1) is 30.2. The standard InChI is InChI=1S/C10H22.C7H8O.C7H12.C2H6/c1-5-7-10(8-6-2)9(3)4;1-8-7-5-3-2-4-6-7;1-3-5-7-6-4-2;1-2/h9-10H,5-8H2,1-4H3;2-6H,1H3;3,5-7H,4H2,1-2H3;1-2H3/b;;5-3-,7-6-;. The minimum absolute atomic E-state index is 0.889. The van der Waals surface area contributed by atoms with Crippen molar-refractivity contribution in [3.05, 3.63) is 54.6 Å². The highest BCUT2D eigenvalue weighted by Gasteiger charge is 2.09. The molecule has 0 heterocycles. The molecule has 1 nitrogen and oxygen atoms in total. The van der Waals surface area contributed by atoms with Crippen LogP contribution in [0.1, 0.15) is 87.5 Å². The van der Waals surface area contributed by atoms with E-state index in [9.17, 15) is 0 Å². The minimum atomic E-state index is 0.889. The first-order chi connectivity index (χ1) is 13.1. The largest absolute Gasteiger partial charge is 0.497 e. The van der Waals surface area contributed by atoms with Gasteiger partial charge in [-0.05, 0) is 37.3 Å². The highest BCUT2D eigenvalue weighted by molar-refractivity contribution is 5.20. The number of methoxy groups -OCH3 is 1. The first-order valence-electron chi connectivity index (χ1n) is 10.9. The van der Waals surface area contributed by atoms with Gasteiger partial charge in [-0.2, -0.15) is 0 Å². The lowest BCUT2D eigenvalue weighted by molar-refractivity contribution is 0.331. The molecule has 0 radical (unpaired) electrons. The van der Waals surface area contributed by atoms with Crippen molar-refractivity contribution >= 4 is 0 Å². The number of benzene rings is 1. The molecule has 0 aliphatic rings. The lowest BCUT2D eigenvalue weighted by atomic mass is 9.88. The van der Waals surface area contributed by atoms with E-state index in [-0.39, 0.29) is 0 Å². The van der Waals surface area contributed by atoms with Crippen LogP contribution in [-0.4, -0.2) is 7.11 Å². The summed E-state index contributed by atoms with van der Waals surface area (Å²) in [7, 11) is 1.66. The fourth-order valence-corrected chi connectivity index (χ4v) is 2.43. The molecule has 0 N–H and O–H groups in total. The van der Waals surface area contributed by atoms with Crippen molar-refractivity contribution in [3.8, 4) is 5.75 Å². The van der Waals surface area contributed by atoms with Crippen LogP contribution >= 0.6 is 0 Å². The van der Waals surface area contributed by atoms with Gasteiger partial charge in [0.2, 0.25) is 0 Å². The van der Waals surface area contributed by atoms with E-state index in [4.69, 9.17) is 4.74 Å². The Hall–Kier alpha value is -1.50. The summed E-state index contributed by atoms with van der Waals surface area (Å²) < 4.78 is 4.91. The Bertz CT molecular complexity index is 397. The number of rotatable bonds is 8. The Labute approximate surface area is 171 Å². The van der Waals surface area contributed by atoms with Gasteiger partial charge < -0.3 is 4.74 Å². The fourth-order valence-electron chi connectivity index (χ4n) is 2.43. The summed E-state index contributed by atoms with van der Waals surface area (Å²) in [5, 5.41) is 0. The molecule has 0 atom stereocenters. The van der Waals surface area contributed by atoms with E-state index in [0.717, 1.165) is 24.0 Å². The van der Waals surface area contributed by atoms with E-state index in [1.165, 1.54) is 25.7 Å². The SMILES string of the molecule is C/C=C\C=C/CC.CC.CCCC(CCC)C(C)C.COc1ccccc1. The third-order valence-corrected chi connectivity index (χ3v) is 3.92. The van der Waals surface area contributed by atoms with E-state index in [1.54, 1.807) is 7.11 Å². The molecule has 0 fully saturated rings. The van der Waals surface area contributed by atoms with Gasteiger partial charge in [-0.25, -0.2) is 0 Å². The summed E-state index contributed by atoms with van der Waals surface area (Å²) in [5.74, 6) is 2.78. The number of allylic oxidation sites excluding steroid dienone is 4. The summed E-state index contributed by atoms with van der Waals surface area (Å²) in [5.41, 5.74) is 0. The minimum Gasteiger partial charge on any atom is -0.497 e. The van der Waals surface area contributed by atoms with E-state index in [0.29, 0.717) is 0 Å². The van der Waals surface area contributed by atoms with Crippen LogP contribution in [0.5, 0.6) is 5.75 Å². The number of hydrogen-bond acceptors (Lipinski definition) is 1. The normalized spacial score (nSPS) is 10.0. The molecule has 0 aliphatic carbocycles. The highest BCUT2D eigenvalue weighted by atomic mass is 16.5. The quantitative estimate of drug-likeness (QED) is 0.411. The van der Waals surface area contributed by atoms with Crippen molar-refractivity contribution in [2.75, 3.05) is 7.11 Å². The van der Waals surface area contributed by atoms with Crippen LogP contribution in [0.25, 0.3) is 0 Å². The molecule has 1 heteroatoms. The van der Waals surface area contributed by atoms with Gasteiger partial charge in [0.05, 0.1) is 7.11 Å². The molecular formula is C26H48O. The second kappa shape index (κ2) is 26.7. The van der Waals surface area contributed by atoms with Crippen molar-refractivity contribution in [1.29, 1.82) is 0 Å². The maximum absolute atomic E-state index is 4.91. The zero-order valence-corrected chi connectivity index (χ0v) is 19.8. The predicted octanol–water partition coefficient (Wildman–Crippen LogP) is 9.11. The Kier molecular flexibility index (Phi) is 29.9. The third-order valence-electron chi connectivity index (χ3n) is 3.92. The van der Waals surface area contributed by atoms with Crippen LogP contribution in [0.2, 0.25) is 0 Å². The molecule has 0 spiro atoms. The second-order valence-electron chi connectivity index (χ2n) is 6.46. The van der Waals surface area contributed by atoms with Crippen LogP contribution in [0.3, 0.4) is 0 Å². The second-order valence-corrected chi connectivity index (χ2v) is 6.46. The smallest absolute Gasteiger partial charge is 0.118 e. The van der Waals surface area contributed by atoms with Crippen LogP contribution < -0.4 is 4.74 Å². The summed E-state index contributed by atoms with van der Waals surface area (Å²) >= 11 is 0. The average Bonchev–Trinajstić information content (AvgIpc) is 2.71. The van der Waals surface area contributed by atoms with Gasteiger partial charge in [-0.3, -0.25) is 0 Å². The van der Waals surface area contributed by atoms with Crippen molar-refractivity contribution in [2.24, 2.45) is 11.8 Å². The Morgan fingerprint density at radius 3 is 1.70 bits per heavy atom. The van der Waals surface area contributed by atoms with Gasteiger partial charge in [0.25, 0.3) is 0 Å². The molecular weight excluding hydrogens is 328 g/mol. The molecule has 0 bridgehead atoms. The molecule has 0 aromatic heterocycles. The Morgan fingerprint density at radius 2 is 1.41 bits per heavy atom. The van der Waals surface area contributed by atoms with E-state index in [2.05, 4.69) is 46.8 Å². The van der Waals surface area contributed by atoms with Crippen LogP contribution in [0, 0.1) is 11.8 Å². The van der Waals surface area contributed by atoms with Crippen LogP contribution in [-0.2, 0) is 0 Å². The third kappa shape index (κ3) is 24.5. The summed E-state index contributed by atoms with van der Waals surface area (Å²) in [6.07, 6.45) is 14.9. The molecule has 0 aliphatic heterocycles. The lowest BCUT2D eigenvalue weighted by Gasteiger charge is -2.18. The molecule has 1 rings (SSSR count). The van der Waals surface area contributed by atoms with Gasteiger partial charge in [-0.15, -0.1) is 0 Å². The van der Waals surface area contributed by atoms with E-state index >= 15 is 0 Å². The van der Waals surface area contributed by atoms with Crippen LogP contribution in [0.4, 0.5) is 0 Å². The zero-order chi connectivity index (χ0) is 21.3. The van der Waals surface area contributed by atoms with Gasteiger partial charge in [0, 0.05) is 0 Å². The molecule has 1 aromatic carbocycles. The Morgan fingerprint density at radius 1 is 0.889 bits per heavy atom. The maximum atomic E-state index is 4.91. The molecule has 27 heavy (non-hydrogen) atoms. The predicted molar refractivity (Wildman–Crippen MR) is 127 cm³/mol. The molecule has 0 saturated carbocycles. The van der Waals surface area contributed by atoms with Gasteiger partial charge >= 0.3 is 0 Å². The summed E-state index contributed by atoms with van der Waals surface area (Å²) in [6.45, 7) is 17.4. The molecule has 1 aromatic rings. The van der Waals surface area contributed by atoms with Crippen molar-refractivity contribution in [2.45, 2.75) is 87.5 Å². The van der Waals surface area contributed by atoms with E-state index in [1.807, 2.05) is 63.3 Å². The number of hydrogen-bond donors (Lipinski definition) is 0. The number of ether oxygens (including phenoxy) is 1. The van der Waals surface area contributed by atoms with Gasteiger partial charge in [-0.1, -0.05) is 117 Å². The molecule has 158 valence electrons. The monoisotopic (exact) mass is 376 g/mol. The average molecular weight is 377 g/mol. The van der Waals surface area contributed by atoms with Crippen LogP contribution in [0.15, 0.2) is 54.6 Å². The van der Waals surface area contributed by atoms with Crippen molar-refractivity contribution < 1.29 is 4.74 Å². The Balaban J connectivity index is -0.000000310. The molecule has 0 saturated heterocycles. The fraction of sp³-hybridized carbons (Fsp3) is 0.615. The lowest BCUT2D eigenvalue weighted by Crippen LogP contribution is -2.07. The van der Waals surface area contributed by atoms with Crippen molar-refractivity contribution in [3.63, 3.8) is 0 Å².